The first kappa shape index (κ1) is 13.9. The SMILES string of the molecule is CC(Cl)c1nnc(Nc2ccccc2C(C)(C)C)o1. The summed E-state index contributed by atoms with van der Waals surface area (Å²) in [6.45, 7) is 8.27. The molecule has 19 heavy (non-hydrogen) atoms. The van der Waals surface area contributed by atoms with Crippen LogP contribution in [0.15, 0.2) is 28.7 Å². The van der Waals surface area contributed by atoms with Crippen LogP contribution in [0.25, 0.3) is 0 Å². The van der Waals surface area contributed by atoms with E-state index in [1.165, 1.54) is 5.56 Å². The molecule has 0 spiro atoms. The van der Waals surface area contributed by atoms with Gasteiger partial charge in [0, 0.05) is 5.69 Å². The van der Waals surface area contributed by atoms with Crippen molar-refractivity contribution < 1.29 is 4.42 Å². The number of nitrogens with one attached hydrogen (secondary N) is 1. The van der Waals surface area contributed by atoms with Gasteiger partial charge in [-0.25, -0.2) is 0 Å². The van der Waals surface area contributed by atoms with E-state index < -0.39 is 0 Å². The molecule has 0 aliphatic rings. The molecule has 2 rings (SSSR count). The minimum atomic E-state index is -0.291. The number of anilines is 2. The first-order valence-corrected chi connectivity index (χ1v) is 6.65. The van der Waals surface area contributed by atoms with Crippen LogP contribution in [0.4, 0.5) is 11.7 Å². The van der Waals surface area contributed by atoms with Crippen LogP contribution < -0.4 is 5.32 Å². The number of hydrogen-bond donors (Lipinski definition) is 1. The molecule has 0 aliphatic heterocycles. The number of nitrogens with zero attached hydrogens (tertiary/aromatic N) is 2. The van der Waals surface area contributed by atoms with Crippen LogP contribution in [0.3, 0.4) is 0 Å². The van der Waals surface area contributed by atoms with Gasteiger partial charge in [0.2, 0.25) is 5.89 Å². The summed E-state index contributed by atoms with van der Waals surface area (Å²) in [6.07, 6.45) is 0. The lowest BCUT2D eigenvalue weighted by Gasteiger charge is -2.22. The summed E-state index contributed by atoms with van der Waals surface area (Å²) >= 11 is 5.90. The molecule has 0 saturated carbocycles. The van der Waals surface area contributed by atoms with Crippen LogP contribution in [0, 0.1) is 0 Å². The molecule has 1 N–H and O–H groups in total. The summed E-state index contributed by atoms with van der Waals surface area (Å²) in [5.41, 5.74) is 2.19. The Kier molecular flexibility index (Phi) is 3.80. The fourth-order valence-corrected chi connectivity index (χ4v) is 1.90. The van der Waals surface area contributed by atoms with Crippen LogP contribution in [0.5, 0.6) is 0 Å². The minimum Gasteiger partial charge on any atom is -0.406 e. The quantitative estimate of drug-likeness (QED) is 0.846. The molecule has 0 bridgehead atoms. The fraction of sp³-hybridized carbons (Fsp3) is 0.429. The summed E-state index contributed by atoms with van der Waals surface area (Å²) < 4.78 is 5.45. The molecule has 1 atom stereocenters. The number of rotatable bonds is 3. The lowest BCUT2D eigenvalue weighted by atomic mass is 9.86. The summed E-state index contributed by atoms with van der Waals surface area (Å²) in [7, 11) is 0. The van der Waals surface area contributed by atoms with Gasteiger partial charge in [-0.2, -0.15) is 0 Å². The molecule has 102 valence electrons. The van der Waals surface area contributed by atoms with Crippen LogP contribution in [-0.4, -0.2) is 10.2 Å². The van der Waals surface area contributed by atoms with Gasteiger partial charge < -0.3 is 9.73 Å². The lowest BCUT2D eigenvalue weighted by Crippen LogP contribution is -2.13. The smallest absolute Gasteiger partial charge is 0.320 e. The van der Waals surface area contributed by atoms with Crippen molar-refractivity contribution in [2.45, 2.75) is 38.5 Å². The van der Waals surface area contributed by atoms with E-state index in [1.54, 1.807) is 6.92 Å². The normalized spacial score (nSPS) is 13.3. The van der Waals surface area contributed by atoms with Crippen molar-refractivity contribution >= 4 is 23.3 Å². The number of para-hydroxylation sites is 1. The second-order valence-corrected chi connectivity index (χ2v) is 6.14. The highest BCUT2D eigenvalue weighted by molar-refractivity contribution is 6.20. The van der Waals surface area contributed by atoms with Crippen LogP contribution >= 0.6 is 11.6 Å². The molecule has 2 aromatic rings. The maximum atomic E-state index is 5.90. The average molecular weight is 280 g/mol. The predicted octanol–water partition coefficient (Wildman–Crippen LogP) is 4.41. The second kappa shape index (κ2) is 5.21. The van der Waals surface area contributed by atoms with Gasteiger partial charge in [0.25, 0.3) is 0 Å². The Labute approximate surface area is 118 Å². The maximum absolute atomic E-state index is 5.90. The third-order valence-electron chi connectivity index (χ3n) is 2.76. The van der Waals surface area contributed by atoms with E-state index in [0.29, 0.717) is 11.9 Å². The number of hydrogen-bond acceptors (Lipinski definition) is 4. The van der Waals surface area contributed by atoms with Gasteiger partial charge in [0.1, 0.15) is 5.38 Å². The largest absolute Gasteiger partial charge is 0.406 e. The van der Waals surface area contributed by atoms with Crippen molar-refractivity contribution in [1.82, 2.24) is 10.2 Å². The average Bonchev–Trinajstić information content (AvgIpc) is 2.77. The molecule has 1 unspecified atom stereocenters. The maximum Gasteiger partial charge on any atom is 0.320 e. The molecular weight excluding hydrogens is 262 g/mol. The van der Waals surface area contributed by atoms with Crippen LogP contribution in [-0.2, 0) is 5.41 Å². The molecule has 0 amide bonds. The van der Waals surface area contributed by atoms with Crippen LogP contribution in [0.2, 0.25) is 0 Å². The molecular formula is C14H18ClN3O. The minimum absolute atomic E-state index is 0.0339. The van der Waals surface area contributed by atoms with E-state index in [-0.39, 0.29) is 10.8 Å². The lowest BCUT2D eigenvalue weighted by molar-refractivity contribution is 0.509. The zero-order valence-electron chi connectivity index (χ0n) is 11.6. The first-order valence-electron chi connectivity index (χ1n) is 6.22. The molecule has 1 heterocycles. The second-order valence-electron chi connectivity index (χ2n) is 5.48. The molecule has 4 nitrogen and oxygen atoms in total. The Morgan fingerprint density at radius 3 is 2.47 bits per heavy atom. The van der Waals surface area contributed by atoms with Gasteiger partial charge in [-0.3, -0.25) is 0 Å². The van der Waals surface area contributed by atoms with Crippen molar-refractivity contribution in [2.24, 2.45) is 0 Å². The summed E-state index contributed by atoms with van der Waals surface area (Å²) in [5.74, 6) is 0.414. The predicted molar refractivity (Wildman–Crippen MR) is 77.0 cm³/mol. The summed E-state index contributed by atoms with van der Waals surface area (Å²) in [6, 6.07) is 8.43. The Bertz CT molecular complexity index is 558. The monoisotopic (exact) mass is 279 g/mol. The van der Waals surface area contributed by atoms with Crippen molar-refractivity contribution in [2.75, 3.05) is 5.32 Å². The summed E-state index contributed by atoms with van der Waals surface area (Å²) in [4.78, 5) is 0. The Hall–Kier alpha value is -1.55. The number of halogens is 1. The first-order chi connectivity index (χ1) is 8.88. The van der Waals surface area contributed by atoms with E-state index in [9.17, 15) is 0 Å². The molecule has 1 aromatic heterocycles. The van der Waals surface area contributed by atoms with Gasteiger partial charge in [0.15, 0.2) is 0 Å². The van der Waals surface area contributed by atoms with Gasteiger partial charge >= 0.3 is 6.01 Å². The van der Waals surface area contributed by atoms with E-state index in [2.05, 4.69) is 42.4 Å². The molecule has 0 saturated heterocycles. The fourth-order valence-electron chi connectivity index (χ4n) is 1.81. The molecule has 0 radical (unpaired) electrons. The third kappa shape index (κ3) is 3.26. The number of aromatic nitrogens is 2. The molecule has 0 aliphatic carbocycles. The third-order valence-corrected chi connectivity index (χ3v) is 2.94. The van der Waals surface area contributed by atoms with Gasteiger partial charge in [-0.05, 0) is 24.0 Å². The zero-order chi connectivity index (χ0) is 14.0. The van der Waals surface area contributed by atoms with Gasteiger partial charge in [0.05, 0.1) is 0 Å². The van der Waals surface area contributed by atoms with Gasteiger partial charge in [-0.15, -0.1) is 16.7 Å². The molecule has 0 fully saturated rings. The molecule has 5 heteroatoms. The van der Waals surface area contributed by atoms with Crippen molar-refractivity contribution in [3.05, 3.63) is 35.7 Å². The number of alkyl halides is 1. The van der Waals surface area contributed by atoms with Crippen molar-refractivity contribution in [3.63, 3.8) is 0 Å². The van der Waals surface area contributed by atoms with Crippen LogP contribution in [0.1, 0.15) is 44.5 Å². The zero-order valence-corrected chi connectivity index (χ0v) is 12.3. The molecule has 1 aromatic carbocycles. The Balaban J connectivity index is 2.28. The highest BCUT2D eigenvalue weighted by Crippen LogP contribution is 2.31. The van der Waals surface area contributed by atoms with E-state index in [4.69, 9.17) is 16.0 Å². The van der Waals surface area contributed by atoms with E-state index >= 15 is 0 Å². The highest BCUT2D eigenvalue weighted by atomic mass is 35.5. The highest BCUT2D eigenvalue weighted by Gasteiger charge is 2.19. The number of benzene rings is 1. The standard InChI is InChI=1S/C14H18ClN3O/c1-9(15)12-17-18-13(19-12)16-11-8-6-5-7-10(11)14(2,3)4/h5-9H,1-4H3,(H,16,18). The van der Waals surface area contributed by atoms with Crippen molar-refractivity contribution in [3.8, 4) is 0 Å². The Morgan fingerprint density at radius 2 is 1.89 bits per heavy atom. The van der Waals surface area contributed by atoms with Crippen molar-refractivity contribution in [1.29, 1.82) is 0 Å². The van der Waals surface area contributed by atoms with E-state index in [0.717, 1.165) is 5.69 Å². The van der Waals surface area contributed by atoms with Gasteiger partial charge in [-0.1, -0.05) is 44.1 Å². The summed E-state index contributed by atoms with van der Waals surface area (Å²) in [5, 5.41) is 10.7. The topological polar surface area (TPSA) is 51.0 Å². The Morgan fingerprint density at radius 1 is 1.21 bits per heavy atom. The van der Waals surface area contributed by atoms with E-state index in [1.807, 2.05) is 18.2 Å².